The Hall–Kier alpha value is -4.33. The number of ether oxygens (including phenoxy) is 2. The summed E-state index contributed by atoms with van der Waals surface area (Å²) in [4.78, 5) is 28.9. The number of aryl methyl sites for hydroxylation is 2. The number of pyridine rings is 1. The number of amides is 2. The van der Waals surface area contributed by atoms with Crippen LogP contribution in [-0.4, -0.2) is 27.8 Å². The Kier molecular flexibility index (Phi) is 6.03. The van der Waals surface area contributed by atoms with Gasteiger partial charge in [0.05, 0.1) is 5.69 Å². The molecule has 0 unspecified atom stereocenters. The van der Waals surface area contributed by atoms with Crippen molar-refractivity contribution in [1.82, 2.24) is 20.2 Å². The Balaban J connectivity index is 1.27. The highest BCUT2D eigenvalue weighted by atomic mass is 16.5. The molecule has 8 heteroatoms. The molecule has 2 aromatic carbocycles. The quantitative estimate of drug-likeness (QED) is 0.456. The molecule has 0 saturated carbocycles. The van der Waals surface area contributed by atoms with Crippen LogP contribution in [0.1, 0.15) is 21.7 Å². The first-order valence-electron chi connectivity index (χ1n) is 10.00. The number of rotatable bonds is 6. The van der Waals surface area contributed by atoms with Gasteiger partial charge in [-0.1, -0.05) is 23.8 Å². The number of nitrogens with zero attached hydrogens (tertiary/aromatic N) is 2. The van der Waals surface area contributed by atoms with Crippen molar-refractivity contribution in [3.63, 3.8) is 0 Å². The lowest BCUT2D eigenvalue weighted by Crippen LogP contribution is -2.44. The van der Waals surface area contributed by atoms with Crippen molar-refractivity contribution in [3.8, 4) is 17.2 Å². The van der Waals surface area contributed by atoms with Crippen molar-refractivity contribution >= 4 is 17.5 Å². The molecule has 8 nitrogen and oxygen atoms in total. The van der Waals surface area contributed by atoms with E-state index in [4.69, 9.17) is 9.47 Å². The Morgan fingerprint density at radius 1 is 0.875 bits per heavy atom. The van der Waals surface area contributed by atoms with Crippen LogP contribution in [0.2, 0.25) is 0 Å². The molecular formula is C24H22N4O4. The molecule has 0 saturated heterocycles. The van der Waals surface area contributed by atoms with E-state index in [2.05, 4.69) is 15.8 Å². The monoisotopic (exact) mass is 430 g/mol. The number of carbonyl (C=O) groups is 2. The van der Waals surface area contributed by atoms with E-state index in [1.165, 1.54) is 0 Å². The van der Waals surface area contributed by atoms with Crippen molar-refractivity contribution in [2.45, 2.75) is 13.8 Å². The van der Waals surface area contributed by atoms with Crippen LogP contribution in [0.25, 0.3) is 5.65 Å². The zero-order chi connectivity index (χ0) is 22.5. The van der Waals surface area contributed by atoms with E-state index >= 15 is 0 Å². The maximum absolute atomic E-state index is 12.5. The van der Waals surface area contributed by atoms with E-state index in [0.717, 1.165) is 11.3 Å². The number of imidazole rings is 1. The summed E-state index contributed by atoms with van der Waals surface area (Å²) < 4.78 is 12.9. The highest BCUT2D eigenvalue weighted by molar-refractivity contribution is 5.95. The molecule has 0 aliphatic rings. The summed E-state index contributed by atoms with van der Waals surface area (Å²) in [6.07, 6.45) is 1.74. The summed E-state index contributed by atoms with van der Waals surface area (Å²) in [6.45, 7) is 3.49. The Morgan fingerprint density at radius 3 is 2.25 bits per heavy atom. The lowest BCUT2D eigenvalue weighted by Gasteiger charge is -2.10. The second kappa shape index (κ2) is 9.22. The van der Waals surface area contributed by atoms with Gasteiger partial charge in [0.25, 0.3) is 11.8 Å². The Bertz CT molecular complexity index is 1250. The zero-order valence-corrected chi connectivity index (χ0v) is 17.7. The molecular weight excluding hydrogens is 408 g/mol. The lowest BCUT2D eigenvalue weighted by molar-refractivity contribution is -0.123. The van der Waals surface area contributed by atoms with Crippen LogP contribution < -0.4 is 20.3 Å². The predicted molar refractivity (Wildman–Crippen MR) is 119 cm³/mol. The minimum absolute atomic E-state index is 0.259. The maximum atomic E-state index is 12.5. The van der Waals surface area contributed by atoms with Gasteiger partial charge in [-0.25, -0.2) is 4.98 Å². The summed E-state index contributed by atoms with van der Waals surface area (Å²) in [5.41, 5.74) is 7.47. The number of fused-ring (bicyclic) bond motifs is 1. The minimum atomic E-state index is -0.496. The van der Waals surface area contributed by atoms with Gasteiger partial charge in [-0.2, -0.15) is 0 Å². The second-order valence-electron chi connectivity index (χ2n) is 7.15. The number of hydrazine groups is 1. The molecule has 4 aromatic rings. The van der Waals surface area contributed by atoms with Crippen LogP contribution in [0.3, 0.4) is 0 Å². The Labute approximate surface area is 184 Å². The molecule has 2 aromatic heterocycles. The number of aromatic nitrogens is 2. The fourth-order valence-electron chi connectivity index (χ4n) is 3.10. The van der Waals surface area contributed by atoms with Crippen LogP contribution in [0.15, 0.2) is 72.9 Å². The van der Waals surface area contributed by atoms with Crippen molar-refractivity contribution in [1.29, 1.82) is 0 Å². The fourth-order valence-corrected chi connectivity index (χ4v) is 3.10. The molecule has 32 heavy (non-hydrogen) atoms. The molecule has 0 bridgehead atoms. The van der Waals surface area contributed by atoms with Gasteiger partial charge in [-0.3, -0.25) is 24.8 Å². The highest BCUT2D eigenvalue weighted by Crippen LogP contribution is 2.24. The molecule has 4 rings (SSSR count). The van der Waals surface area contributed by atoms with E-state index in [1.807, 2.05) is 37.3 Å². The van der Waals surface area contributed by atoms with Crippen LogP contribution in [0, 0.1) is 13.8 Å². The first-order valence-corrected chi connectivity index (χ1v) is 10.00. The third-order valence-electron chi connectivity index (χ3n) is 4.69. The van der Waals surface area contributed by atoms with Crippen LogP contribution in [-0.2, 0) is 4.79 Å². The third kappa shape index (κ3) is 4.86. The molecule has 2 N–H and O–H groups in total. The van der Waals surface area contributed by atoms with Crippen LogP contribution in [0.5, 0.6) is 17.2 Å². The van der Waals surface area contributed by atoms with Gasteiger partial charge < -0.3 is 9.47 Å². The van der Waals surface area contributed by atoms with E-state index in [1.54, 1.807) is 53.9 Å². The summed E-state index contributed by atoms with van der Waals surface area (Å²) in [5.74, 6) is 0.930. The Morgan fingerprint density at radius 2 is 1.53 bits per heavy atom. The van der Waals surface area contributed by atoms with Crippen molar-refractivity contribution < 1.29 is 19.1 Å². The number of carbonyl (C=O) groups excluding carboxylic acids is 2. The predicted octanol–water partition coefficient (Wildman–Crippen LogP) is 3.58. The molecule has 0 fully saturated rings. The smallest absolute Gasteiger partial charge is 0.288 e. The minimum Gasteiger partial charge on any atom is -0.484 e. The van der Waals surface area contributed by atoms with Crippen molar-refractivity contribution in [2.75, 3.05) is 6.61 Å². The van der Waals surface area contributed by atoms with E-state index in [-0.39, 0.29) is 6.61 Å². The van der Waals surface area contributed by atoms with Gasteiger partial charge in [0.15, 0.2) is 6.61 Å². The third-order valence-corrected chi connectivity index (χ3v) is 4.69. The van der Waals surface area contributed by atoms with Gasteiger partial charge >= 0.3 is 0 Å². The topological polar surface area (TPSA) is 94.0 Å². The number of hydrogen-bond donors (Lipinski definition) is 2. The second-order valence-corrected chi connectivity index (χ2v) is 7.15. The first-order chi connectivity index (χ1) is 15.5. The molecule has 2 amide bonds. The molecule has 0 radical (unpaired) electrons. The number of nitrogens with one attached hydrogen (secondary N) is 2. The van der Waals surface area contributed by atoms with E-state index in [0.29, 0.717) is 28.5 Å². The van der Waals surface area contributed by atoms with Gasteiger partial charge in [-0.05, 0) is 62.4 Å². The fraction of sp³-hybridized carbons (Fsp3) is 0.125. The van der Waals surface area contributed by atoms with Gasteiger partial charge in [0.1, 0.15) is 28.6 Å². The molecule has 0 atom stereocenters. The number of benzene rings is 2. The van der Waals surface area contributed by atoms with Gasteiger partial charge in [0, 0.05) is 6.20 Å². The van der Waals surface area contributed by atoms with E-state index in [9.17, 15) is 9.59 Å². The molecule has 0 spiro atoms. The SMILES string of the molecule is Cc1ccc(Oc2ccc(OCC(=O)NNC(=O)c3c(C)nc4ccccn34)cc2)cc1. The van der Waals surface area contributed by atoms with Gasteiger partial charge in [0.2, 0.25) is 0 Å². The normalized spacial score (nSPS) is 10.6. The lowest BCUT2D eigenvalue weighted by atomic mass is 10.2. The highest BCUT2D eigenvalue weighted by Gasteiger charge is 2.16. The summed E-state index contributed by atoms with van der Waals surface area (Å²) >= 11 is 0. The van der Waals surface area contributed by atoms with Gasteiger partial charge in [-0.15, -0.1) is 0 Å². The molecule has 0 aliphatic carbocycles. The average Bonchev–Trinajstić information content (AvgIpc) is 3.14. The summed E-state index contributed by atoms with van der Waals surface area (Å²) in [6, 6.07) is 20.1. The maximum Gasteiger partial charge on any atom is 0.288 e. The summed E-state index contributed by atoms with van der Waals surface area (Å²) in [5, 5.41) is 0. The molecule has 0 aliphatic heterocycles. The zero-order valence-electron chi connectivity index (χ0n) is 17.7. The first kappa shape index (κ1) is 20.9. The molecule has 162 valence electrons. The summed E-state index contributed by atoms with van der Waals surface area (Å²) in [7, 11) is 0. The molecule has 2 heterocycles. The van der Waals surface area contributed by atoms with Crippen LogP contribution >= 0.6 is 0 Å². The number of hydrogen-bond acceptors (Lipinski definition) is 5. The van der Waals surface area contributed by atoms with Crippen LogP contribution in [0.4, 0.5) is 0 Å². The van der Waals surface area contributed by atoms with Crippen molar-refractivity contribution in [3.05, 3.63) is 89.9 Å². The largest absolute Gasteiger partial charge is 0.484 e. The van der Waals surface area contributed by atoms with Crippen molar-refractivity contribution in [2.24, 2.45) is 0 Å². The average molecular weight is 430 g/mol. The standard InChI is InChI=1S/C24H22N4O4/c1-16-6-8-19(9-7-16)32-20-12-10-18(11-13-20)31-15-22(29)26-27-24(30)23-17(2)25-21-5-3-4-14-28(21)23/h3-14H,15H2,1-2H3,(H,26,29)(H,27,30). The van der Waals surface area contributed by atoms with E-state index < -0.39 is 11.8 Å².